The van der Waals surface area contributed by atoms with Gasteiger partial charge in [-0.2, -0.15) is 5.06 Å². The van der Waals surface area contributed by atoms with Gasteiger partial charge in [-0.05, 0) is 17.7 Å². The standard InChI is InChI=1S/C27H33F2N5O5/c1-19(35)30-16-23-18-34(27(36)39-23)22-14-24(28)26(25(29)15-22)32-6-7-33(38-13-10-32)17-20-2-4-21(5-3-20)31-8-11-37-12-9-31/h2-5,14-15,23H,6-13,16-18H2,1H3,(H,30,35)/t23-/m0/s1. The number of benzene rings is 2. The van der Waals surface area contributed by atoms with Crippen LogP contribution in [0.25, 0.3) is 0 Å². The van der Waals surface area contributed by atoms with Crippen molar-refractivity contribution in [1.82, 2.24) is 10.4 Å². The molecule has 2 amide bonds. The molecule has 210 valence electrons. The topological polar surface area (TPSA) is 86.8 Å². The normalized spacial score (nSPS) is 20.6. The van der Waals surface area contributed by atoms with Gasteiger partial charge in [-0.1, -0.05) is 12.1 Å². The third-order valence-electron chi connectivity index (χ3n) is 7.01. The molecule has 5 rings (SSSR count). The molecule has 10 nitrogen and oxygen atoms in total. The minimum Gasteiger partial charge on any atom is -0.442 e. The van der Waals surface area contributed by atoms with Gasteiger partial charge in [0.15, 0.2) is 11.6 Å². The van der Waals surface area contributed by atoms with Gasteiger partial charge in [0.2, 0.25) is 5.91 Å². The lowest BCUT2D eigenvalue weighted by Crippen LogP contribution is -2.36. The monoisotopic (exact) mass is 545 g/mol. The number of morpholine rings is 1. The lowest BCUT2D eigenvalue weighted by molar-refractivity contribution is -0.154. The second-order valence-electron chi connectivity index (χ2n) is 9.76. The fraction of sp³-hybridized carbons (Fsp3) is 0.481. The molecular formula is C27H33F2N5O5. The quantitative estimate of drug-likeness (QED) is 0.568. The van der Waals surface area contributed by atoms with Crippen LogP contribution in [-0.4, -0.2) is 88.8 Å². The first-order valence-electron chi connectivity index (χ1n) is 13.1. The number of halogens is 2. The lowest BCUT2D eigenvalue weighted by Gasteiger charge is -2.29. The van der Waals surface area contributed by atoms with Crippen LogP contribution in [0.5, 0.6) is 0 Å². The van der Waals surface area contributed by atoms with Gasteiger partial charge in [-0.25, -0.2) is 13.6 Å². The van der Waals surface area contributed by atoms with Crippen LogP contribution in [0, 0.1) is 11.6 Å². The van der Waals surface area contributed by atoms with Gasteiger partial charge >= 0.3 is 6.09 Å². The van der Waals surface area contributed by atoms with E-state index in [1.165, 1.54) is 11.8 Å². The van der Waals surface area contributed by atoms with E-state index in [2.05, 4.69) is 34.5 Å². The van der Waals surface area contributed by atoms with Gasteiger partial charge in [-0.3, -0.25) is 14.5 Å². The number of ether oxygens (including phenoxy) is 2. The molecule has 0 unspecified atom stereocenters. The summed E-state index contributed by atoms with van der Waals surface area (Å²) in [5, 5.41) is 4.38. The number of amides is 2. The summed E-state index contributed by atoms with van der Waals surface area (Å²) in [5.74, 6) is -1.79. The molecule has 3 fully saturated rings. The Kier molecular flexibility index (Phi) is 8.44. The van der Waals surface area contributed by atoms with Gasteiger partial charge in [-0.15, -0.1) is 0 Å². The average molecular weight is 546 g/mol. The van der Waals surface area contributed by atoms with Gasteiger partial charge in [0.25, 0.3) is 0 Å². The molecule has 0 bridgehead atoms. The van der Waals surface area contributed by atoms with E-state index in [0.29, 0.717) is 26.2 Å². The van der Waals surface area contributed by atoms with Crippen LogP contribution in [0.2, 0.25) is 0 Å². The van der Waals surface area contributed by atoms with E-state index in [0.717, 1.165) is 49.7 Å². The predicted molar refractivity (Wildman–Crippen MR) is 141 cm³/mol. The van der Waals surface area contributed by atoms with Crippen molar-refractivity contribution in [2.24, 2.45) is 0 Å². The van der Waals surface area contributed by atoms with Gasteiger partial charge < -0.3 is 24.6 Å². The van der Waals surface area contributed by atoms with Crippen molar-refractivity contribution in [3.8, 4) is 0 Å². The van der Waals surface area contributed by atoms with Crippen LogP contribution < -0.4 is 20.0 Å². The Labute approximate surface area is 225 Å². The molecule has 39 heavy (non-hydrogen) atoms. The molecule has 1 N–H and O–H groups in total. The molecule has 3 aliphatic rings. The summed E-state index contributed by atoms with van der Waals surface area (Å²) >= 11 is 0. The lowest BCUT2D eigenvalue weighted by atomic mass is 10.2. The number of hydrogen-bond acceptors (Lipinski definition) is 8. The van der Waals surface area contributed by atoms with Gasteiger partial charge in [0, 0.05) is 64.0 Å². The number of carbonyl (C=O) groups excluding carboxylic acids is 2. The molecule has 2 aromatic rings. The Morgan fingerprint density at radius 2 is 1.64 bits per heavy atom. The van der Waals surface area contributed by atoms with E-state index in [4.69, 9.17) is 14.3 Å². The summed E-state index contributed by atoms with van der Waals surface area (Å²) in [6.45, 7) is 6.73. The number of hydroxylamine groups is 2. The molecule has 3 heterocycles. The SMILES string of the molecule is CC(=O)NC[C@H]1CN(c2cc(F)c(N3CCON(Cc4ccc(N5CCOCC5)cc4)CC3)c(F)c2)C(=O)O1. The van der Waals surface area contributed by atoms with Crippen molar-refractivity contribution in [3.63, 3.8) is 0 Å². The van der Waals surface area contributed by atoms with Crippen LogP contribution in [0.15, 0.2) is 36.4 Å². The molecule has 0 saturated carbocycles. The zero-order valence-corrected chi connectivity index (χ0v) is 21.9. The Balaban J connectivity index is 1.19. The highest BCUT2D eigenvalue weighted by atomic mass is 19.1. The Bertz CT molecular complexity index is 1150. The second-order valence-corrected chi connectivity index (χ2v) is 9.76. The number of hydrogen-bond donors (Lipinski definition) is 1. The number of nitrogens with zero attached hydrogens (tertiary/aromatic N) is 4. The first-order valence-corrected chi connectivity index (χ1v) is 13.1. The minimum atomic E-state index is -0.768. The van der Waals surface area contributed by atoms with E-state index < -0.39 is 23.8 Å². The van der Waals surface area contributed by atoms with Crippen molar-refractivity contribution in [3.05, 3.63) is 53.6 Å². The van der Waals surface area contributed by atoms with Crippen molar-refractivity contribution < 1.29 is 32.7 Å². The van der Waals surface area contributed by atoms with Crippen LogP contribution >= 0.6 is 0 Å². The van der Waals surface area contributed by atoms with Crippen LogP contribution in [0.3, 0.4) is 0 Å². The maximum absolute atomic E-state index is 15.2. The molecule has 0 radical (unpaired) electrons. The van der Waals surface area contributed by atoms with Gasteiger partial charge in [0.1, 0.15) is 11.8 Å². The minimum absolute atomic E-state index is 0.0669. The van der Waals surface area contributed by atoms with Crippen LogP contribution in [0.1, 0.15) is 12.5 Å². The summed E-state index contributed by atoms with van der Waals surface area (Å²) in [5.41, 5.74) is 2.15. The Hall–Kier alpha value is -3.48. The zero-order chi connectivity index (χ0) is 27.4. The highest BCUT2D eigenvalue weighted by molar-refractivity contribution is 5.90. The third-order valence-corrected chi connectivity index (χ3v) is 7.01. The Morgan fingerprint density at radius 3 is 2.33 bits per heavy atom. The van der Waals surface area contributed by atoms with Crippen molar-refractivity contribution >= 4 is 29.1 Å². The molecule has 0 aromatic heterocycles. The Morgan fingerprint density at radius 1 is 0.949 bits per heavy atom. The molecule has 2 aromatic carbocycles. The second kappa shape index (κ2) is 12.1. The molecule has 0 aliphatic carbocycles. The molecule has 0 spiro atoms. The molecule has 3 aliphatic heterocycles. The number of cyclic esters (lactones) is 1. The summed E-state index contributed by atoms with van der Waals surface area (Å²) in [7, 11) is 0. The summed E-state index contributed by atoms with van der Waals surface area (Å²) in [6, 6.07) is 10.6. The van der Waals surface area contributed by atoms with Crippen LogP contribution in [0.4, 0.5) is 30.6 Å². The van der Waals surface area contributed by atoms with E-state index in [1.807, 2.05) is 5.06 Å². The zero-order valence-electron chi connectivity index (χ0n) is 21.9. The number of nitrogens with one attached hydrogen (secondary N) is 1. The number of carbonyl (C=O) groups is 2. The first kappa shape index (κ1) is 27.1. The van der Waals surface area contributed by atoms with Crippen LogP contribution in [-0.2, 0) is 25.7 Å². The molecule has 12 heteroatoms. The fourth-order valence-electron chi connectivity index (χ4n) is 4.98. The largest absolute Gasteiger partial charge is 0.442 e. The third kappa shape index (κ3) is 6.57. The van der Waals surface area contributed by atoms with Crippen molar-refractivity contribution in [1.29, 1.82) is 0 Å². The smallest absolute Gasteiger partial charge is 0.414 e. The number of anilines is 3. The first-order chi connectivity index (χ1) is 18.9. The van der Waals surface area contributed by atoms with Gasteiger partial charge in [0.05, 0.1) is 38.6 Å². The number of rotatable bonds is 7. The summed E-state index contributed by atoms with van der Waals surface area (Å²) < 4.78 is 41.0. The van der Waals surface area contributed by atoms with E-state index in [-0.39, 0.29) is 37.0 Å². The molecule has 3 saturated heterocycles. The summed E-state index contributed by atoms with van der Waals surface area (Å²) in [4.78, 5) is 34.4. The van der Waals surface area contributed by atoms with Crippen molar-refractivity contribution in [2.75, 3.05) is 80.3 Å². The van der Waals surface area contributed by atoms with E-state index in [9.17, 15) is 9.59 Å². The molecule has 1 atom stereocenters. The maximum atomic E-state index is 15.2. The van der Waals surface area contributed by atoms with E-state index >= 15 is 8.78 Å². The highest BCUT2D eigenvalue weighted by Gasteiger charge is 2.34. The fourth-order valence-corrected chi connectivity index (χ4v) is 4.98. The average Bonchev–Trinajstić information content (AvgIpc) is 3.15. The highest BCUT2D eigenvalue weighted by Crippen LogP contribution is 2.31. The van der Waals surface area contributed by atoms with Crippen molar-refractivity contribution in [2.45, 2.75) is 19.6 Å². The molecular weight excluding hydrogens is 512 g/mol. The summed E-state index contributed by atoms with van der Waals surface area (Å²) in [6.07, 6.45) is -1.31. The van der Waals surface area contributed by atoms with E-state index in [1.54, 1.807) is 4.90 Å². The predicted octanol–water partition coefficient (Wildman–Crippen LogP) is 2.52. The maximum Gasteiger partial charge on any atom is 0.414 e.